The van der Waals surface area contributed by atoms with Gasteiger partial charge in [0.15, 0.2) is 5.13 Å². The molecule has 1 heterocycles. The van der Waals surface area contributed by atoms with Crippen LogP contribution in [0.2, 0.25) is 0 Å². The van der Waals surface area contributed by atoms with Gasteiger partial charge in [-0.2, -0.15) is 0 Å². The highest BCUT2D eigenvalue weighted by molar-refractivity contribution is 7.15. The highest BCUT2D eigenvalue weighted by Gasteiger charge is 2.13. The maximum Gasteiger partial charge on any atom is 0.240 e. The Labute approximate surface area is 138 Å². The van der Waals surface area contributed by atoms with Gasteiger partial charge >= 0.3 is 0 Å². The monoisotopic (exact) mass is 337 g/mol. The number of thiazole rings is 1. The molecule has 1 atom stereocenters. The number of nitrogens with one attached hydrogen (secondary N) is 1. The fourth-order valence-corrected chi connectivity index (χ4v) is 2.79. The molecule has 0 aliphatic carbocycles. The van der Waals surface area contributed by atoms with Crippen molar-refractivity contribution >= 4 is 22.4 Å². The first-order valence-corrected chi connectivity index (χ1v) is 8.09. The molecule has 0 fully saturated rings. The molecule has 0 spiro atoms. The second kappa shape index (κ2) is 8.14. The molecule has 0 aliphatic heterocycles. The van der Waals surface area contributed by atoms with E-state index in [-0.39, 0.29) is 30.9 Å². The van der Waals surface area contributed by atoms with Crippen LogP contribution in [0.4, 0.5) is 9.52 Å². The van der Waals surface area contributed by atoms with E-state index in [4.69, 9.17) is 5.11 Å². The van der Waals surface area contributed by atoms with E-state index in [9.17, 15) is 9.18 Å². The maximum absolute atomic E-state index is 12.9. The molecule has 0 bridgehead atoms. The lowest BCUT2D eigenvalue weighted by Gasteiger charge is -2.21. The Balaban J connectivity index is 1.89. The van der Waals surface area contributed by atoms with Gasteiger partial charge in [0, 0.05) is 23.5 Å². The largest absolute Gasteiger partial charge is 0.395 e. The highest BCUT2D eigenvalue weighted by Crippen LogP contribution is 2.21. The number of benzene rings is 1. The molecule has 0 aliphatic rings. The molecule has 1 aromatic heterocycles. The van der Waals surface area contributed by atoms with Gasteiger partial charge in [0.1, 0.15) is 5.82 Å². The van der Waals surface area contributed by atoms with Gasteiger partial charge in [-0.05, 0) is 31.7 Å². The van der Waals surface area contributed by atoms with Crippen LogP contribution < -0.4 is 5.32 Å². The second-order valence-electron chi connectivity index (χ2n) is 5.43. The van der Waals surface area contributed by atoms with Gasteiger partial charge in [0.25, 0.3) is 0 Å². The first-order valence-electron chi connectivity index (χ1n) is 7.28. The normalized spacial score (nSPS) is 12.4. The number of likely N-dealkylation sites (N-methyl/N-ethyl adjacent to an activating group) is 1. The molecule has 2 rings (SSSR count). The smallest absolute Gasteiger partial charge is 0.240 e. The Morgan fingerprint density at radius 2 is 2.13 bits per heavy atom. The summed E-state index contributed by atoms with van der Waals surface area (Å²) in [4.78, 5) is 18.9. The molecular weight excluding hydrogens is 317 g/mol. The Morgan fingerprint density at radius 1 is 1.43 bits per heavy atom. The lowest BCUT2D eigenvalue weighted by molar-refractivity contribution is -0.117. The molecule has 7 heteroatoms. The van der Waals surface area contributed by atoms with Gasteiger partial charge in [-0.25, -0.2) is 9.37 Å². The number of amides is 1. The van der Waals surface area contributed by atoms with Gasteiger partial charge in [0.05, 0.1) is 13.2 Å². The standard InChI is InChI=1S/C16H20FN3O2S/c1-11(10-21)20(2)9-15(22)19-16-18-8-14(23-16)7-12-3-5-13(17)6-4-12/h3-6,8,11,21H,7,9-10H2,1-2H3,(H,18,19,22). The minimum absolute atomic E-state index is 0.00283. The quantitative estimate of drug-likeness (QED) is 0.812. The average Bonchev–Trinajstić information content (AvgIpc) is 2.95. The van der Waals surface area contributed by atoms with Crippen molar-refractivity contribution in [3.05, 3.63) is 46.7 Å². The van der Waals surface area contributed by atoms with Crippen molar-refractivity contribution in [1.82, 2.24) is 9.88 Å². The van der Waals surface area contributed by atoms with Gasteiger partial charge in [-0.1, -0.05) is 12.1 Å². The molecule has 5 nitrogen and oxygen atoms in total. The minimum atomic E-state index is -0.257. The zero-order valence-electron chi connectivity index (χ0n) is 13.1. The van der Waals surface area contributed by atoms with Crippen molar-refractivity contribution in [3.8, 4) is 0 Å². The first kappa shape index (κ1) is 17.5. The zero-order chi connectivity index (χ0) is 16.8. The summed E-state index contributed by atoms with van der Waals surface area (Å²) in [6, 6.07) is 6.25. The van der Waals surface area contributed by atoms with Crippen LogP contribution in [0.25, 0.3) is 0 Å². The third-order valence-corrected chi connectivity index (χ3v) is 4.41. The fourth-order valence-electron chi connectivity index (χ4n) is 1.93. The Bertz CT molecular complexity index is 645. The molecular formula is C16H20FN3O2S. The summed E-state index contributed by atoms with van der Waals surface area (Å²) in [7, 11) is 1.78. The van der Waals surface area contributed by atoms with Gasteiger partial charge in [-0.3, -0.25) is 9.69 Å². The summed E-state index contributed by atoms with van der Waals surface area (Å²) >= 11 is 1.40. The van der Waals surface area contributed by atoms with Crippen molar-refractivity contribution in [2.45, 2.75) is 19.4 Å². The maximum atomic E-state index is 12.9. The van der Waals surface area contributed by atoms with Crippen LogP contribution in [0.1, 0.15) is 17.4 Å². The number of aromatic nitrogens is 1. The summed E-state index contributed by atoms with van der Waals surface area (Å²) in [6.45, 7) is 2.04. The Morgan fingerprint density at radius 3 is 2.78 bits per heavy atom. The van der Waals surface area contributed by atoms with Crippen molar-refractivity contribution in [2.75, 3.05) is 25.5 Å². The van der Waals surface area contributed by atoms with Crippen LogP contribution in [0.15, 0.2) is 30.5 Å². The molecule has 0 saturated carbocycles. The van der Waals surface area contributed by atoms with Crippen LogP contribution in [-0.2, 0) is 11.2 Å². The van der Waals surface area contributed by atoms with E-state index in [1.54, 1.807) is 30.3 Å². The van der Waals surface area contributed by atoms with E-state index in [2.05, 4.69) is 10.3 Å². The third-order valence-electron chi connectivity index (χ3n) is 3.50. The molecule has 0 saturated heterocycles. The molecule has 23 heavy (non-hydrogen) atoms. The Hall–Kier alpha value is -1.83. The van der Waals surface area contributed by atoms with E-state index in [1.807, 2.05) is 6.92 Å². The number of nitrogens with zero attached hydrogens (tertiary/aromatic N) is 2. The zero-order valence-corrected chi connectivity index (χ0v) is 13.9. The number of hydrogen-bond acceptors (Lipinski definition) is 5. The first-order chi connectivity index (χ1) is 11.0. The third kappa shape index (κ3) is 5.38. The molecule has 0 radical (unpaired) electrons. The topological polar surface area (TPSA) is 65.5 Å². The van der Waals surface area contributed by atoms with E-state index in [1.165, 1.54) is 23.5 Å². The number of carbonyl (C=O) groups excluding carboxylic acids is 1. The summed E-state index contributed by atoms with van der Waals surface area (Å²) in [5.41, 5.74) is 0.990. The second-order valence-corrected chi connectivity index (χ2v) is 6.55. The lowest BCUT2D eigenvalue weighted by Crippen LogP contribution is -2.38. The molecule has 1 aromatic carbocycles. The minimum Gasteiger partial charge on any atom is -0.395 e. The van der Waals surface area contributed by atoms with E-state index in [0.717, 1.165) is 10.4 Å². The summed E-state index contributed by atoms with van der Waals surface area (Å²) in [5.74, 6) is -0.428. The number of rotatable bonds is 7. The molecule has 1 amide bonds. The van der Waals surface area contributed by atoms with Crippen LogP contribution in [0.5, 0.6) is 0 Å². The van der Waals surface area contributed by atoms with Gasteiger partial charge in [0.2, 0.25) is 5.91 Å². The summed E-state index contributed by atoms with van der Waals surface area (Å²) in [5, 5.41) is 12.4. The predicted octanol–water partition coefficient (Wildman–Crippen LogP) is 2.12. The van der Waals surface area contributed by atoms with E-state index < -0.39 is 0 Å². The average molecular weight is 337 g/mol. The summed E-state index contributed by atoms with van der Waals surface area (Å²) in [6.07, 6.45) is 2.36. The summed E-state index contributed by atoms with van der Waals surface area (Å²) < 4.78 is 12.9. The van der Waals surface area contributed by atoms with Crippen molar-refractivity contribution in [1.29, 1.82) is 0 Å². The molecule has 2 aromatic rings. The molecule has 1 unspecified atom stereocenters. The van der Waals surface area contributed by atoms with Crippen molar-refractivity contribution in [3.63, 3.8) is 0 Å². The lowest BCUT2D eigenvalue weighted by atomic mass is 10.1. The van der Waals surface area contributed by atoms with Gasteiger partial charge in [-0.15, -0.1) is 11.3 Å². The van der Waals surface area contributed by atoms with Crippen LogP contribution >= 0.6 is 11.3 Å². The van der Waals surface area contributed by atoms with Crippen LogP contribution in [-0.4, -0.2) is 47.1 Å². The number of hydrogen-bond donors (Lipinski definition) is 2. The predicted molar refractivity (Wildman–Crippen MR) is 89.1 cm³/mol. The number of carbonyl (C=O) groups is 1. The number of aliphatic hydroxyl groups is 1. The molecule has 124 valence electrons. The van der Waals surface area contributed by atoms with Crippen LogP contribution in [0.3, 0.4) is 0 Å². The SMILES string of the molecule is CC(CO)N(C)CC(=O)Nc1ncc(Cc2ccc(F)cc2)s1. The van der Waals surface area contributed by atoms with Crippen molar-refractivity contribution in [2.24, 2.45) is 0 Å². The van der Waals surface area contributed by atoms with E-state index in [0.29, 0.717) is 11.6 Å². The number of halogens is 1. The Kier molecular flexibility index (Phi) is 6.20. The van der Waals surface area contributed by atoms with Gasteiger partial charge < -0.3 is 10.4 Å². The number of aliphatic hydroxyl groups excluding tert-OH is 1. The molecule has 2 N–H and O–H groups in total. The van der Waals surface area contributed by atoms with E-state index >= 15 is 0 Å². The highest BCUT2D eigenvalue weighted by atomic mass is 32.1. The van der Waals surface area contributed by atoms with Crippen LogP contribution in [0, 0.1) is 5.82 Å². The van der Waals surface area contributed by atoms with Crippen molar-refractivity contribution < 1.29 is 14.3 Å². The number of anilines is 1. The fraction of sp³-hybridized carbons (Fsp3) is 0.375.